The van der Waals surface area contributed by atoms with Crippen LogP contribution in [-0.2, 0) is 11.2 Å². The molecule has 0 radical (unpaired) electrons. The molecular formula is C28H24F3NO6. The molecule has 2 amide bonds. The zero-order valence-electron chi connectivity index (χ0n) is 20.0. The highest BCUT2D eigenvalue weighted by molar-refractivity contribution is 6.21. The summed E-state index contributed by atoms with van der Waals surface area (Å²) in [6, 6.07) is 19.0. The highest BCUT2D eigenvalue weighted by Crippen LogP contribution is 2.28. The Morgan fingerprint density at radius 2 is 1.37 bits per heavy atom. The third-order valence-corrected chi connectivity index (χ3v) is 6.43. The second-order valence-electron chi connectivity index (χ2n) is 8.92. The highest BCUT2D eigenvalue weighted by atomic mass is 19.4. The molecule has 0 saturated carbocycles. The molecule has 0 spiro atoms. The van der Waals surface area contributed by atoms with E-state index < -0.39 is 36.2 Å². The lowest BCUT2D eigenvalue weighted by atomic mass is 9.93. The van der Waals surface area contributed by atoms with Crippen molar-refractivity contribution in [2.75, 3.05) is 6.54 Å². The smallest absolute Gasteiger partial charge is 0.481 e. The van der Waals surface area contributed by atoms with Crippen molar-refractivity contribution >= 4 is 17.8 Å². The first kappa shape index (κ1) is 26.9. The molecule has 1 aliphatic rings. The molecule has 2 N–H and O–H groups in total. The number of nitrogens with zero attached hydrogens (tertiary/aromatic N) is 1. The Labute approximate surface area is 216 Å². The predicted molar refractivity (Wildman–Crippen MR) is 130 cm³/mol. The van der Waals surface area contributed by atoms with Crippen LogP contribution in [-0.4, -0.2) is 51.9 Å². The van der Waals surface area contributed by atoms with Crippen LogP contribution in [0.5, 0.6) is 5.75 Å². The van der Waals surface area contributed by atoms with Crippen molar-refractivity contribution in [3.8, 4) is 16.9 Å². The van der Waals surface area contributed by atoms with E-state index in [0.717, 1.165) is 16.0 Å². The van der Waals surface area contributed by atoms with Gasteiger partial charge in [0.05, 0.1) is 23.1 Å². The summed E-state index contributed by atoms with van der Waals surface area (Å²) >= 11 is 0. The third-order valence-electron chi connectivity index (χ3n) is 6.43. The normalized spacial score (nSPS) is 14.8. The SMILES string of the molecule is O=C(O)[C@@H](CCN1C(=O)c2ccccc2C1=O)[C@H](O)CCc1ccc(-c2ccc(OC(F)(F)F)cc2)cc1. The van der Waals surface area contributed by atoms with E-state index in [1.165, 1.54) is 24.3 Å². The van der Waals surface area contributed by atoms with Crippen LogP contribution in [0.25, 0.3) is 11.1 Å². The van der Waals surface area contributed by atoms with Crippen LogP contribution < -0.4 is 4.74 Å². The fraction of sp³-hybridized carbons (Fsp3) is 0.250. The third kappa shape index (κ3) is 6.20. The van der Waals surface area contributed by atoms with E-state index in [1.807, 2.05) is 0 Å². The molecular weight excluding hydrogens is 503 g/mol. The van der Waals surface area contributed by atoms with Crippen molar-refractivity contribution in [1.82, 2.24) is 4.90 Å². The van der Waals surface area contributed by atoms with Crippen molar-refractivity contribution < 1.29 is 42.5 Å². The van der Waals surface area contributed by atoms with Gasteiger partial charge in [-0.15, -0.1) is 13.2 Å². The Morgan fingerprint density at radius 1 is 0.842 bits per heavy atom. The predicted octanol–water partition coefficient (Wildman–Crippen LogP) is 4.93. The zero-order chi connectivity index (χ0) is 27.4. The molecule has 1 aliphatic heterocycles. The Kier molecular flexibility index (Phi) is 7.82. The fourth-order valence-electron chi connectivity index (χ4n) is 4.42. The lowest BCUT2D eigenvalue weighted by Gasteiger charge is -2.22. The van der Waals surface area contributed by atoms with Crippen LogP contribution in [0.2, 0.25) is 0 Å². The van der Waals surface area contributed by atoms with Crippen LogP contribution in [0.3, 0.4) is 0 Å². The molecule has 0 aromatic heterocycles. The first-order chi connectivity index (χ1) is 18.0. The maximum absolute atomic E-state index is 12.5. The number of ether oxygens (including phenoxy) is 1. The van der Waals surface area contributed by atoms with Crippen molar-refractivity contribution in [3.05, 3.63) is 89.5 Å². The van der Waals surface area contributed by atoms with Gasteiger partial charge in [-0.3, -0.25) is 19.3 Å². The Bertz CT molecular complexity index is 1290. The molecule has 7 nitrogen and oxygen atoms in total. The number of carboxylic acid groups (broad SMARTS) is 1. The van der Waals surface area contributed by atoms with Gasteiger partial charge in [-0.05, 0) is 60.2 Å². The lowest BCUT2D eigenvalue weighted by Crippen LogP contribution is -2.36. The van der Waals surface area contributed by atoms with Gasteiger partial charge in [0.1, 0.15) is 5.75 Å². The molecule has 1 heterocycles. The van der Waals surface area contributed by atoms with Crippen molar-refractivity contribution in [2.24, 2.45) is 5.92 Å². The number of amides is 2. The number of hydrogen-bond acceptors (Lipinski definition) is 5. The maximum atomic E-state index is 12.5. The summed E-state index contributed by atoms with van der Waals surface area (Å²) in [6.45, 7) is -0.123. The average molecular weight is 527 g/mol. The maximum Gasteiger partial charge on any atom is 0.573 e. The standard InChI is InChI=1S/C28H24F3NO6/c29-28(30,31)38-20-12-10-19(11-13-20)18-8-5-17(6-9-18)7-14-24(33)23(27(36)37)15-16-32-25(34)21-3-1-2-4-22(21)26(32)35/h1-6,8-13,23-24,33H,7,14-16H2,(H,36,37)/t23-,24+/m0/s1. The van der Waals surface area contributed by atoms with E-state index in [9.17, 15) is 37.8 Å². The van der Waals surface area contributed by atoms with Gasteiger partial charge in [0.15, 0.2) is 0 Å². The quantitative estimate of drug-likeness (QED) is 0.363. The molecule has 10 heteroatoms. The number of aliphatic carboxylic acids is 1. The summed E-state index contributed by atoms with van der Waals surface area (Å²) in [6.07, 6.45) is -5.54. The van der Waals surface area contributed by atoms with Gasteiger partial charge in [-0.1, -0.05) is 48.5 Å². The van der Waals surface area contributed by atoms with E-state index in [0.29, 0.717) is 12.0 Å². The molecule has 4 rings (SSSR count). The van der Waals surface area contributed by atoms with Crippen LogP contribution in [0.1, 0.15) is 39.1 Å². The molecule has 0 unspecified atom stereocenters. The Morgan fingerprint density at radius 3 is 1.87 bits per heavy atom. The van der Waals surface area contributed by atoms with E-state index in [1.54, 1.807) is 48.5 Å². The monoisotopic (exact) mass is 527 g/mol. The largest absolute Gasteiger partial charge is 0.573 e. The number of hydrogen-bond donors (Lipinski definition) is 2. The molecule has 3 aromatic rings. The molecule has 2 atom stereocenters. The minimum Gasteiger partial charge on any atom is -0.481 e. The molecule has 38 heavy (non-hydrogen) atoms. The number of imide groups is 1. The van der Waals surface area contributed by atoms with E-state index in [2.05, 4.69) is 4.74 Å². The number of carboxylic acids is 1. The van der Waals surface area contributed by atoms with E-state index in [-0.39, 0.29) is 36.3 Å². The molecule has 0 saturated heterocycles. The summed E-state index contributed by atoms with van der Waals surface area (Å²) in [5, 5.41) is 20.2. The van der Waals surface area contributed by atoms with Crippen molar-refractivity contribution in [3.63, 3.8) is 0 Å². The number of fused-ring (bicyclic) bond motifs is 1. The van der Waals surface area contributed by atoms with Crippen molar-refractivity contribution in [2.45, 2.75) is 31.7 Å². The van der Waals surface area contributed by atoms with E-state index >= 15 is 0 Å². The fourth-order valence-corrected chi connectivity index (χ4v) is 4.42. The number of aryl methyl sites for hydroxylation is 1. The molecule has 0 bridgehead atoms. The summed E-state index contributed by atoms with van der Waals surface area (Å²) in [5.41, 5.74) is 2.83. The average Bonchev–Trinajstić information content (AvgIpc) is 3.12. The number of halogens is 3. The molecule has 198 valence electrons. The van der Waals surface area contributed by atoms with Gasteiger partial charge in [0, 0.05) is 6.54 Å². The topological polar surface area (TPSA) is 104 Å². The van der Waals surface area contributed by atoms with Crippen LogP contribution in [0, 0.1) is 5.92 Å². The van der Waals surface area contributed by atoms with E-state index in [4.69, 9.17) is 0 Å². The number of carbonyl (C=O) groups excluding carboxylic acids is 2. The number of benzene rings is 3. The van der Waals surface area contributed by atoms with Gasteiger partial charge < -0.3 is 14.9 Å². The summed E-state index contributed by atoms with van der Waals surface area (Å²) in [5.74, 6) is -3.67. The minimum absolute atomic E-state index is 0.0883. The highest BCUT2D eigenvalue weighted by Gasteiger charge is 2.36. The number of alkyl halides is 3. The number of aliphatic hydroxyl groups is 1. The van der Waals surface area contributed by atoms with Crippen LogP contribution in [0.15, 0.2) is 72.8 Å². The van der Waals surface area contributed by atoms with Gasteiger partial charge in [0.25, 0.3) is 11.8 Å². The van der Waals surface area contributed by atoms with Gasteiger partial charge in [-0.2, -0.15) is 0 Å². The molecule has 0 aliphatic carbocycles. The van der Waals surface area contributed by atoms with Gasteiger partial charge in [0.2, 0.25) is 0 Å². The van der Waals surface area contributed by atoms with Gasteiger partial charge >= 0.3 is 12.3 Å². The second kappa shape index (κ2) is 11.1. The first-order valence-corrected chi connectivity index (χ1v) is 11.8. The number of rotatable bonds is 10. The minimum atomic E-state index is -4.76. The molecule has 0 fully saturated rings. The molecule has 3 aromatic carbocycles. The van der Waals surface area contributed by atoms with Crippen LogP contribution >= 0.6 is 0 Å². The van der Waals surface area contributed by atoms with Crippen molar-refractivity contribution in [1.29, 1.82) is 0 Å². The summed E-state index contributed by atoms with van der Waals surface area (Å²) in [7, 11) is 0. The first-order valence-electron chi connectivity index (χ1n) is 11.8. The Hall–Kier alpha value is -4.18. The Balaban J connectivity index is 1.32. The summed E-state index contributed by atoms with van der Waals surface area (Å²) in [4.78, 5) is 37.9. The lowest BCUT2D eigenvalue weighted by molar-refractivity contribution is -0.274. The zero-order valence-corrected chi connectivity index (χ0v) is 20.0. The summed E-state index contributed by atoms with van der Waals surface area (Å²) < 4.78 is 40.9. The second-order valence-corrected chi connectivity index (χ2v) is 8.92. The van der Waals surface area contributed by atoms with Gasteiger partial charge in [-0.25, -0.2) is 0 Å². The number of aliphatic hydroxyl groups excluding tert-OH is 1. The van der Waals surface area contributed by atoms with Crippen LogP contribution in [0.4, 0.5) is 13.2 Å². The number of carbonyl (C=O) groups is 3.